The highest BCUT2D eigenvalue weighted by molar-refractivity contribution is 6.17. The van der Waals surface area contributed by atoms with Crippen molar-refractivity contribution < 1.29 is 28.9 Å². The summed E-state index contributed by atoms with van der Waals surface area (Å²) in [6.07, 6.45) is 1.96. The van der Waals surface area contributed by atoms with Crippen molar-refractivity contribution in [3.05, 3.63) is 95.7 Å². The Kier molecular flexibility index (Phi) is 8.42. The van der Waals surface area contributed by atoms with Crippen molar-refractivity contribution in [1.82, 2.24) is 23.5 Å². The molecule has 53 heavy (non-hydrogen) atoms. The topological polar surface area (TPSA) is 166 Å². The minimum absolute atomic E-state index is 0.0105. The van der Waals surface area contributed by atoms with Crippen LogP contribution in [0.2, 0.25) is 0 Å². The highest BCUT2D eigenvalue weighted by Crippen LogP contribution is 2.66. The second kappa shape index (κ2) is 12.5. The van der Waals surface area contributed by atoms with Crippen LogP contribution >= 0.6 is 0 Å². The van der Waals surface area contributed by atoms with E-state index < -0.39 is 34.2 Å². The number of ether oxygens (including phenoxy) is 3. The number of carbonyl (C=O) groups excluding carboxylic acids is 2. The van der Waals surface area contributed by atoms with Gasteiger partial charge in [-0.25, -0.2) is 28.5 Å². The van der Waals surface area contributed by atoms with Crippen LogP contribution in [0.4, 0.5) is 0 Å². The van der Waals surface area contributed by atoms with Gasteiger partial charge >= 0.3 is 11.4 Å². The summed E-state index contributed by atoms with van der Waals surface area (Å²) >= 11 is 0. The molecule has 1 N–H and O–H groups in total. The summed E-state index contributed by atoms with van der Waals surface area (Å²) in [6.45, 7) is 8.93. The number of phenolic OH excluding ortho intramolecular Hbond substituents is 1. The standard InChI is InChI=1S/C39H43N5O9/c1-9-53-29-16-22(10-11-28(29)45)32-23-12-15-43-36(49)42(14-13-24-35(48)41(6)26-18-31(52-8)30(51-7)17-25(26)40-24)37(50)44(43)27(23)19-38(4)33(46)20(2)21(3)34(47)39(32,38)5/h10-12,16-18,27,32,45H,9,13-15,19H2,1-8H3. The van der Waals surface area contributed by atoms with E-state index in [9.17, 15) is 29.1 Å². The van der Waals surface area contributed by atoms with Gasteiger partial charge in [0.2, 0.25) is 0 Å². The zero-order valence-corrected chi connectivity index (χ0v) is 31.1. The number of Topliss-reactive ketones (excluding diaryl/α,β-unsaturated/α-hetero) is 2. The summed E-state index contributed by atoms with van der Waals surface area (Å²) in [5.41, 5.74) is -0.783. The van der Waals surface area contributed by atoms with Crippen molar-refractivity contribution in [2.45, 2.75) is 72.5 Å². The van der Waals surface area contributed by atoms with E-state index >= 15 is 0 Å². The number of nitrogens with zero attached hydrogens (tertiary/aromatic N) is 5. The summed E-state index contributed by atoms with van der Waals surface area (Å²) < 4.78 is 21.8. The first kappa shape index (κ1) is 35.7. The number of hydrogen-bond acceptors (Lipinski definition) is 10. The summed E-state index contributed by atoms with van der Waals surface area (Å²) in [7, 11) is 4.61. The minimum Gasteiger partial charge on any atom is -0.504 e. The molecular formula is C39H43N5O9. The molecule has 278 valence electrons. The zero-order valence-electron chi connectivity index (χ0n) is 31.1. The number of methoxy groups -OCH3 is 2. The summed E-state index contributed by atoms with van der Waals surface area (Å²) in [5, 5.41) is 10.6. The fourth-order valence-electron chi connectivity index (χ4n) is 8.89. The SMILES string of the molecule is CCOc1cc(C2C3=CCn4c(=O)n(CCc5nc6cc(OC)c(OC)cc6n(C)c5=O)c(=O)n4C3CC3(C)C(=O)C(C)=C(C)C(=O)C23C)ccc1O. The Bertz CT molecular complexity index is 2500. The molecule has 4 atom stereocenters. The first-order valence-corrected chi connectivity index (χ1v) is 17.6. The first-order valence-electron chi connectivity index (χ1n) is 17.6. The molecule has 4 aromatic rings. The van der Waals surface area contributed by atoms with E-state index in [1.165, 1.54) is 34.2 Å². The quantitative estimate of drug-likeness (QED) is 0.266. The molecule has 0 amide bonds. The van der Waals surface area contributed by atoms with Crippen LogP contribution in [-0.2, 0) is 36.1 Å². The lowest BCUT2D eigenvalue weighted by atomic mass is 9.43. The third-order valence-electron chi connectivity index (χ3n) is 12.0. The van der Waals surface area contributed by atoms with Gasteiger partial charge in [0.25, 0.3) is 5.56 Å². The van der Waals surface area contributed by atoms with Crippen molar-refractivity contribution >= 4 is 22.6 Å². The highest BCUT2D eigenvalue weighted by Gasteiger charge is 2.66. The van der Waals surface area contributed by atoms with Gasteiger partial charge in [0.15, 0.2) is 34.6 Å². The Morgan fingerprint density at radius 1 is 0.925 bits per heavy atom. The van der Waals surface area contributed by atoms with Crippen LogP contribution in [0, 0.1) is 10.8 Å². The Morgan fingerprint density at radius 2 is 1.60 bits per heavy atom. The second-order valence-corrected chi connectivity index (χ2v) is 14.5. The number of fused-ring (bicyclic) bond motifs is 5. The molecule has 7 rings (SSSR count). The van der Waals surface area contributed by atoms with Gasteiger partial charge in [-0.3, -0.25) is 14.4 Å². The number of allylic oxidation sites excluding steroid dienone is 4. The van der Waals surface area contributed by atoms with Gasteiger partial charge < -0.3 is 23.9 Å². The van der Waals surface area contributed by atoms with Crippen LogP contribution < -0.4 is 31.1 Å². The van der Waals surface area contributed by atoms with E-state index in [1.54, 1.807) is 59.0 Å². The number of ketones is 2. The van der Waals surface area contributed by atoms with E-state index in [2.05, 4.69) is 4.98 Å². The van der Waals surface area contributed by atoms with Crippen LogP contribution in [0.1, 0.15) is 64.3 Å². The molecule has 3 aliphatic rings. The number of aromatic nitrogens is 5. The number of carbonyl (C=O) groups is 2. The molecule has 1 aliphatic heterocycles. The molecule has 3 heterocycles. The first-order chi connectivity index (χ1) is 25.1. The smallest absolute Gasteiger partial charge is 0.347 e. The molecule has 1 fully saturated rings. The van der Waals surface area contributed by atoms with Crippen LogP contribution in [-0.4, -0.2) is 61.0 Å². The van der Waals surface area contributed by atoms with E-state index in [4.69, 9.17) is 14.2 Å². The molecule has 2 aromatic heterocycles. The molecule has 0 spiro atoms. The lowest BCUT2D eigenvalue weighted by Crippen LogP contribution is -2.61. The summed E-state index contributed by atoms with van der Waals surface area (Å²) in [6, 6.07) is 7.49. The predicted molar refractivity (Wildman–Crippen MR) is 195 cm³/mol. The summed E-state index contributed by atoms with van der Waals surface area (Å²) in [4.78, 5) is 75.2. The van der Waals surface area contributed by atoms with E-state index in [0.29, 0.717) is 45.8 Å². The average molecular weight is 726 g/mol. The van der Waals surface area contributed by atoms with Gasteiger partial charge in [-0.05, 0) is 61.6 Å². The van der Waals surface area contributed by atoms with Crippen molar-refractivity contribution in [3.63, 3.8) is 0 Å². The molecule has 14 nitrogen and oxygen atoms in total. The van der Waals surface area contributed by atoms with Gasteiger partial charge in [0.1, 0.15) is 5.69 Å². The molecule has 1 saturated carbocycles. The Hall–Kier alpha value is -5.66. The van der Waals surface area contributed by atoms with E-state index in [-0.39, 0.29) is 60.2 Å². The molecule has 0 bridgehead atoms. The monoisotopic (exact) mass is 725 g/mol. The van der Waals surface area contributed by atoms with Crippen LogP contribution in [0.15, 0.2) is 67.5 Å². The largest absolute Gasteiger partial charge is 0.504 e. The molecule has 2 aliphatic carbocycles. The third kappa shape index (κ3) is 4.90. The number of hydrogen-bond donors (Lipinski definition) is 1. The fraction of sp³-hybridized carbons (Fsp3) is 0.436. The average Bonchev–Trinajstić information content (AvgIpc) is 3.39. The zero-order chi connectivity index (χ0) is 38.3. The Labute approximate surface area is 304 Å². The lowest BCUT2D eigenvalue weighted by Gasteiger charge is -2.58. The number of aryl methyl sites for hydroxylation is 2. The van der Waals surface area contributed by atoms with Crippen LogP contribution in [0.5, 0.6) is 23.0 Å². The van der Waals surface area contributed by atoms with Crippen molar-refractivity contribution in [3.8, 4) is 23.0 Å². The maximum Gasteiger partial charge on any atom is 0.347 e. The van der Waals surface area contributed by atoms with Crippen molar-refractivity contribution in [2.75, 3.05) is 20.8 Å². The number of phenols is 1. The van der Waals surface area contributed by atoms with Gasteiger partial charge in [0.05, 0.1) is 49.9 Å². The molecule has 4 unspecified atom stereocenters. The van der Waals surface area contributed by atoms with Gasteiger partial charge in [-0.2, -0.15) is 0 Å². The molecule has 2 aromatic carbocycles. The highest BCUT2D eigenvalue weighted by atomic mass is 16.5. The minimum atomic E-state index is -1.27. The third-order valence-corrected chi connectivity index (χ3v) is 12.0. The van der Waals surface area contributed by atoms with Crippen LogP contribution in [0.3, 0.4) is 0 Å². The number of benzene rings is 2. The van der Waals surface area contributed by atoms with Gasteiger partial charge in [-0.15, -0.1) is 0 Å². The molecular weight excluding hydrogens is 682 g/mol. The number of rotatable bonds is 8. The Balaban J connectivity index is 1.34. The summed E-state index contributed by atoms with van der Waals surface area (Å²) in [5.74, 6) is -0.0148. The maximum absolute atomic E-state index is 14.5. The lowest BCUT2D eigenvalue weighted by molar-refractivity contribution is -0.151. The van der Waals surface area contributed by atoms with Crippen molar-refractivity contribution in [2.24, 2.45) is 17.9 Å². The Morgan fingerprint density at radius 3 is 2.28 bits per heavy atom. The molecule has 14 heteroatoms. The number of aromatic hydroxyl groups is 1. The van der Waals surface area contributed by atoms with E-state index in [1.807, 2.05) is 13.0 Å². The van der Waals surface area contributed by atoms with Crippen molar-refractivity contribution in [1.29, 1.82) is 0 Å². The van der Waals surface area contributed by atoms with Gasteiger partial charge in [0, 0.05) is 43.5 Å². The molecule has 0 radical (unpaired) electrons. The molecule has 0 saturated heterocycles. The van der Waals surface area contributed by atoms with E-state index in [0.717, 1.165) is 10.1 Å². The van der Waals surface area contributed by atoms with Crippen LogP contribution in [0.25, 0.3) is 11.0 Å². The van der Waals surface area contributed by atoms with Gasteiger partial charge in [-0.1, -0.05) is 26.0 Å². The predicted octanol–water partition coefficient (Wildman–Crippen LogP) is 3.59. The normalized spacial score (nSPS) is 23.7. The fourth-order valence-corrected chi connectivity index (χ4v) is 8.89. The second-order valence-electron chi connectivity index (χ2n) is 14.5. The maximum atomic E-state index is 14.5.